The molecule has 3 rings (SSSR count). The quantitative estimate of drug-likeness (QED) is 0.173. The summed E-state index contributed by atoms with van der Waals surface area (Å²) in [5.41, 5.74) is -2.51. The van der Waals surface area contributed by atoms with Crippen LogP contribution in [-0.4, -0.2) is 39.9 Å². The fourth-order valence-corrected chi connectivity index (χ4v) is 5.40. The molecule has 0 radical (unpaired) electrons. The Balaban J connectivity index is 2.66. The van der Waals surface area contributed by atoms with Crippen molar-refractivity contribution in [3.05, 3.63) is 113 Å². The van der Waals surface area contributed by atoms with Crippen LogP contribution in [-0.2, 0) is 24.5 Å². The molecule has 2 atom stereocenters. The maximum Gasteiger partial charge on any atom is 0.340 e. The maximum absolute atomic E-state index is 14.9. The minimum atomic E-state index is -1.84. The van der Waals surface area contributed by atoms with E-state index in [0.717, 1.165) is 16.7 Å². The second-order valence-electron chi connectivity index (χ2n) is 12.1. The van der Waals surface area contributed by atoms with E-state index < -0.39 is 34.3 Å². The molecule has 0 amide bonds. The third kappa shape index (κ3) is 6.45. The van der Waals surface area contributed by atoms with Crippen LogP contribution in [0.4, 0.5) is 0 Å². The smallest absolute Gasteiger partial charge is 0.340 e. The molecule has 0 saturated carbocycles. The zero-order valence-corrected chi connectivity index (χ0v) is 24.7. The molecule has 5 nitrogen and oxygen atoms in total. The lowest BCUT2D eigenvalue weighted by Crippen LogP contribution is -2.64. The molecule has 0 aliphatic carbocycles. The van der Waals surface area contributed by atoms with Gasteiger partial charge >= 0.3 is 5.97 Å². The number of hydrogen-bond acceptors (Lipinski definition) is 5. The lowest BCUT2D eigenvalue weighted by Gasteiger charge is -2.52. The highest BCUT2D eigenvalue weighted by atomic mass is 16.6. The van der Waals surface area contributed by atoms with Crippen LogP contribution in [0.2, 0.25) is 0 Å². The molecule has 0 saturated heterocycles. The molecule has 0 heterocycles. The van der Waals surface area contributed by atoms with Gasteiger partial charge in [-0.2, -0.15) is 0 Å². The average molecular weight is 543 g/mol. The van der Waals surface area contributed by atoms with Crippen molar-refractivity contribution < 1.29 is 24.2 Å². The molecule has 3 aromatic rings. The van der Waals surface area contributed by atoms with Crippen molar-refractivity contribution in [3.63, 3.8) is 0 Å². The summed E-state index contributed by atoms with van der Waals surface area (Å²) in [7, 11) is 0. The first-order valence-corrected chi connectivity index (χ1v) is 13.8. The van der Waals surface area contributed by atoms with Crippen LogP contribution in [0, 0.1) is 0 Å². The molecule has 0 aliphatic heterocycles. The van der Waals surface area contributed by atoms with E-state index in [1.807, 2.05) is 118 Å². The zero-order valence-electron chi connectivity index (χ0n) is 24.7. The first-order valence-electron chi connectivity index (χ1n) is 13.8. The summed E-state index contributed by atoms with van der Waals surface area (Å²) in [5, 5.41) is 11.0. The predicted molar refractivity (Wildman–Crippen MR) is 159 cm³/mol. The summed E-state index contributed by atoms with van der Waals surface area (Å²) in [6, 6.07) is 29.1. The normalized spacial score (nSPS) is 14.5. The zero-order chi connectivity index (χ0) is 29.6. The van der Waals surface area contributed by atoms with Crippen molar-refractivity contribution in [1.82, 2.24) is 0 Å². The van der Waals surface area contributed by atoms with Crippen LogP contribution in [0.3, 0.4) is 0 Å². The number of carbonyl (C=O) groups is 1. The molecule has 0 spiro atoms. The van der Waals surface area contributed by atoms with E-state index in [9.17, 15) is 14.7 Å². The van der Waals surface area contributed by atoms with Crippen LogP contribution in [0.25, 0.3) is 0 Å². The van der Waals surface area contributed by atoms with Gasteiger partial charge in [0.2, 0.25) is 0 Å². The number of aliphatic hydroxyl groups excluding tert-OH is 1. The van der Waals surface area contributed by atoms with Gasteiger partial charge in [-0.05, 0) is 64.7 Å². The Hall–Kier alpha value is -3.50. The van der Waals surface area contributed by atoms with Gasteiger partial charge < -0.3 is 14.6 Å². The fraction of sp³-hybridized carbons (Fsp3) is 0.400. The summed E-state index contributed by atoms with van der Waals surface area (Å²) in [4.78, 5) is 27.4. The minimum Gasteiger partial charge on any atom is -0.458 e. The standard InChI is InChI=1S/C35H42O5/c1-8-30(37)26(25-36)24-34(40-33(5,6)7,31(38)39-32(2,3)4)35(27-18-12-9-13-19-27,28-20-14-10-15-21-28)29-22-16-11-17-23-29/h9-23,30,37H,8,24H2,1-7H3. The predicted octanol–water partition coefficient (Wildman–Crippen LogP) is 6.84. The van der Waals surface area contributed by atoms with E-state index >= 15 is 0 Å². The van der Waals surface area contributed by atoms with Gasteiger partial charge in [0.05, 0.1) is 17.1 Å². The molecule has 3 aromatic carbocycles. The Kier molecular flexibility index (Phi) is 9.58. The second kappa shape index (κ2) is 12.3. The summed E-state index contributed by atoms with van der Waals surface area (Å²) < 4.78 is 13.2. The van der Waals surface area contributed by atoms with E-state index in [-0.39, 0.29) is 18.4 Å². The molecule has 40 heavy (non-hydrogen) atoms. The van der Waals surface area contributed by atoms with Crippen molar-refractivity contribution in [3.8, 4) is 0 Å². The number of esters is 1. The van der Waals surface area contributed by atoms with E-state index in [1.54, 1.807) is 27.7 Å². The largest absolute Gasteiger partial charge is 0.458 e. The van der Waals surface area contributed by atoms with Crippen LogP contribution in [0.1, 0.15) is 78.0 Å². The van der Waals surface area contributed by atoms with Crippen molar-refractivity contribution in [2.45, 2.75) is 89.6 Å². The summed E-state index contributed by atoms with van der Waals surface area (Å²) in [6.07, 6.45) is -1.07. The van der Waals surface area contributed by atoms with Crippen molar-refractivity contribution >= 4 is 11.9 Å². The van der Waals surface area contributed by atoms with Gasteiger partial charge in [-0.3, -0.25) is 0 Å². The fourth-order valence-electron chi connectivity index (χ4n) is 5.40. The van der Waals surface area contributed by atoms with Crippen molar-refractivity contribution in [1.29, 1.82) is 0 Å². The number of rotatable bonds is 10. The molecule has 2 unspecified atom stereocenters. The average Bonchev–Trinajstić information content (AvgIpc) is 2.91. The summed E-state index contributed by atoms with van der Waals surface area (Å²) in [6.45, 7) is 12.8. The van der Waals surface area contributed by atoms with Gasteiger partial charge in [0.15, 0.2) is 5.60 Å². The first kappa shape index (κ1) is 31.0. The van der Waals surface area contributed by atoms with Gasteiger partial charge in [0.1, 0.15) is 11.5 Å². The highest BCUT2D eigenvalue weighted by Gasteiger charge is 2.64. The SMILES string of the molecule is CCC(O)C(=C=O)CC(OC(C)(C)C)(C(=O)OC(C)(C)C)C(c1ccccc1)(c1ccccc1)c1ccccc1. The van der Waals surface area contributed by atoms with Crippen molar-refractivity contribution in [2.24, 2.45) is 0 Å². The monoisotopic (exact) mass is 542 g/mol. The van der Waals surface area contributed by atoms with Gasteiger partial charge in [0, 0.05) is 12.0 Å². The van der Waals surface area contributed by atoms with Crippen molar-refractivity contribution in [2.75, 3.05) is 0 Å². The Labute approximate surface area is 238 Å². The van der Waals surface area contributed by atoms with Gasteiger partial charge in [-0.1, -0.05) is 97.9 Å². The highest BCUT2D eigenvalue weighted by molar-refractivity contribution is 5.87. The lowest BCUT2D eigenvalue weighted by molar-refractivity contribution is -0.210. The number of benzene rings is 3. The Morgan fingerprint density at radius 1 is 0.750 bits per heavy atom. The number of carbonyl (C=O) groups excluding carboxylic acids is 2. The maximum atomic E-state index is 14.9. The molecule has 0 fully saturated rings. The van der Waals surface area contributed by atoms with Gasteiger partial charge in [-0.15, -0.1) is 0 Å². The topological polar surface area (TPSA) is 72.8 Å². The Morgan fingerprint density at radius 3 is 1.45 bits per heavy atom. The van der Waals surface area contributed by atoms with Crippen LogP contribution in [0.5, 0.6) is 0 Å². The first-order chi connectivity index (χ1) is 18.8. The molecule has 0 aliphatic rings. The van der Waals surface area contributed by atoms with E-state index in [0.29, 0.717) is 0 Å². The summed E-state index contributed by atoms with van der Waals surface area (Å²) >= 11 is 0. The van der Waals surface area contributed by atoms with Gasteiger partial charge in [-0.25, -0.2) is 9.59 Å². The minimum absolute atomic E-state index is 0.0461. The number of hydrogen-bond donors (Lipinski definition) is 1. The summed E-state index contributed by atoms with van der Waals surface area (Å²) in [5.74, 6) is 1.33. The number of aliphatic hydroxyl groups is 1. The lowest BCUT2D eigenvalue weighted by atomic mass is 9.57. The van der Waals surface area contributed by atoms with Crippen LogP contribution >= 0.6 is 0 Å². The highest BCUT2D eigenvalue weighted by Crippen LogP contribution is 2.54. The van der Waals surface area contributed by atoms with E-state index in [4.69, 9.17) is 9.47 Å². The second-order valence-corrected chi connectivity index (χ2v) is 12.1. The Bertz CT molecular complexity index is 1200. The molecule has 5 heteroatoms. The van der Waals surface area contributed by atoms with Gasteiger partial charge in [0.25, 0.3) is 0 Å². The third-order valence-corrected chi connectivity index (χ3v) is 6.79. The molecular weight excluding hydrogens is 500 g/mol. The van der Waals surface area contributed by atoms with E-state index in [2.05, 4.69) is 0 Å². The number of ether oxygens (including phenoxy) is 2. The molecule has 0 aromatic heterocycles. The molecular formula is C35H42O5. The van der Waals surface area contributed by atoms with Crippen LogP contribution in [0.15, 0.2) is 96.6 Å². The van der Waals surface area contributed by atoms with E-state index in [1.165, 1.54) is 0 Å². The molecule has 1 N–H and O–H groups in total. The van der Waals surface area contributed by atoms with Crippen LogP contribution < -0.4 is 0 Å². The molecule has 212 valence electrons. The molecule has 0 bridgehead atoms. The Morgan fingerprint density at radius 2 is 1.15 bits per heavy atom. The third-order valence-electron chi connectivity index (χ3n) is 6.79.